The summed E-state index contributed by atoms with van der Waals surface area (Å²) in [4.78, 5) is 6.26. The van der Waals surface area contributed by atoms with Gasteiger partial charge in [-0.2, -0.15) is 37.6 Å². The summed E-state index contributed by atoms with van der Waals surface area (Å²) in [6.45, 7) is 23.3. The summed E-state index contributed by atoms with van der Waals surface area (Å²) in [5.41, 5.74) is 14.8. The Kier molecular flexibility index (Phi) is 21.8. The van der Waals surface area contributed by atoms with Crippen molar-refractivity contribution in [3.8, 4) is 52.2 Å². The summed E-state index contributed by atoms with van der Waals surface area (Å²) in [6.07, 6.45) is 19.1. The van der Waals surface area contributed by atoms with Crippen LogP contribution in [0.1, 0.15) is 170 Å². The second-order valence-electron chi connectivity index (χ2n) is 25.3. The molecule has 0 amide bonds. The van der Waals surface area contributed by atoms with Crippen molar-refractivity contribution >= 4 is 165 Å². The van der Waals surface area contributed by atoms with E-state index in [0.29, 0.717) is 0 Å². The number of benzene rings is 3. The Labute approximate surface area is 567 Å². The molecule has 10 nitrogen and oxygen atoms in total. The van der Waals surface area contributed by atoms with Crippen LogP contribution in [0.5, 0.6) is 0 Å². The Bertz CT molecular complexity index is 3910. The highest BCUT2D eigenvalue weighted by Crippen LogP contribution is 2.45. The number of hydrogen-bond donors (Lipinski definition) is 0. The summed E-state index contributed by atoms with van der Waals surface area (Å²) in [6, 6.07) is 28.7. The zero-order valence-corrected chi connectivity index (χ0v) is 61.1. The van der Waals surface area contributed by atoms with Gasteiger partial charge in [-0.25, -0.2) is 0 Å². The first-order valence-corrected chi connectivity index (χ1v) is 38.7. The van der Waals surface area contributed by atoms with E-state index in [1.54, 1.807) is 22.7 Å². The fraction of sp³-hybridized carbons (Fsp3) is 0.441. The van der Waals surface area contributed by atoms with Gasteiger partial charge >= 0.3 is 14.2 Å². The van der Waals surface area contributed by atoms with Gasteiger partial charge in [-0.05, 0) is 179 Å². The first-order chi connectivity index (χ1) is 42.9. The van der Waals surface area contributed by atoms with Gasteiger partial charge in [-0.3, -0.25) is 0 Å². The summed E-state index contributed by atoms with van der Waals surface area (Å²) in [7, 11) is -0.664. The maximum atomic E-state index is 6.11. The van der Waals surface area contributed by atoms with Crippen molar-refractivity contribution in [3.63, 3.8) is 0 Å². The molecule has 0 radical (unpaired) electrons. The lowest BCUT2D eigenvalue weighted by Crippen LogP contribution is -2.41. The second-order valence-corrected chi connectivity index (χ2v) is 32.7. The number of hydrogen-bond acceptors (Lipinski definition) is 18. The minimum Gasteiger partial charge on any atom is -0.399 e. The van der Waals surface area contributed by atoms with E-state index >= 15 is 0 Å². The van der Waals surface area contributed by atoms with Crippen molar-refractivity contribution < 1.29 is 18.6 Å². The molecule has 2 aliphatic heterocycles. The molecule has 2 fully saturated rings. The van der Waals surface area contributed by atoms with Gasteiger partial charge in [0.05, 0.1) is 57.6 Å². The Morgan fingerprint density at radius 2 is 0.663 bits per heavy atom. The number of rotatable bonds is 22. The van der Waals surface area contributed by atoms with E-state index in [1.165, 1.54) is 176 Å². The maximum absolute atomic E-state index is 6.11. The van der Waals surface area contributed by atoms with E-state index in [-0.39, 0.29) is 36.6 Å². The molecule has 0 N–H and O–H groups in total. The number of aromatic nitrogens is 6. The largest absolute Gasteiger partial charge is 0.505 e. The van der Waals surface area contributed by atoms with Crippen LogP contribution < -0.4 is 9.55 Å². The van der Waals surface area contributed by atoms with Gasteiger partial charge in [0.15, 0.2) is 0 Å². The lowest BCUT2D eigenvalue weighted by atomic mass is 9.86. The number of nitrogens with zero attached hydrogens (tertiary/aromatic N) is 6. The van der Waals surface area contributed by atoms with Crippen molar-refractivity contribution in [1.82, 2.24) is 26.2 Å². The minimum absolute atomic E-state index is 0.327. The predicted octanol–water partition coefficient (Wildman–Crippen LogP) is 21.4. The zero-order chi connectivity index (χ0) is 62.5. The Morgan fingerprint density at radius 1 is 0.360 bits per heavy atom. The van der Waals surface area contributed by atoms with Crippen LogP contribution in [-0.2, 0) is 37.9 Å². The van der Waals surface area contributed by atoms with Crippen LogP contribution in [0.25, 0.3) is 85.3 Å². The summed E-state index contributed by atoms with van der Waals surface area (Å²) in [5.74, 6) is 0. The predicted molar refractivity (Wildman–Crippen MR) is 391 cm³/mol. The smallest absolute Gasteiger partial charge is 0.399 e. The number of thiophene rings is 5. The number of aryl methyl sites for hydroxylation is 3. The van der Waals surface area contributed by atoms with Gasteiger partial charge in [0.25, 0.3) is 0 Å². The van der Waals surface area contributed by atoms with Crippen LogP contribution in [0.2, 0.25) is 0 Å². The standard InChI is InChI=1S/C36H36N4S5.C16H26B2O4S.C16H17BrN2S2/c1-3-5-7-9-11-23-19-31(41-21-23)27-15-13-25(33-35(27)39-44-37-33)29-17-18-30(43-29)26-14-16-28(36-34(26)38-45-40-36)32-20-24(22-42-32)12-10-8-6-4-2;1-13(2)14(3,4)20-17(19-13)11-9-10-12(23-11)18-21-15(5,6)16(7,8)22-18;1-2-3-4-5-6-11-9-14(20-10-11)12-7-8-13(17)16-15(12)18-21-19-16/h13-22H,3-12H2,1-2H3;9-10H,1-8H3;7-10H,2-6H2,1H3. The second kappa shape index (κ2) is 29.2. The highest BCUT2D eigenvalue weighted by Gasteiger charge is 2.54. The van der Waals surface area contributed by atoms with Crippen LogP contribution in [0, 0.1) is 0 Å². The van der Waals surface area contributed by atoms with Crippen molar-refractivity contribution in [3.05, 3.63) is 116 Å². The van der Waals surface area contributed by atoms with Gasteiger partial charge < -0.3 is 18.6 Å². The minimum atomic E-state index is -0.332. The third kappa shape index (κ3) is 15.0. The normalized spacial score (nSPS) is 15.8. The Hall–Kier alpha value is -3.93. The van der Waals surface area contributed by atoms with Crippen molar-refractivity contribution in [2.45, 2.75) is 195 Å². The van der Waals surface area contributed by atoms with Crippen molar-refractivity contribution in [1.29, 1.82) is 0 Å². The van der Waals surface area contributed by atoms with E-state index in [9.17, 15) is 0 Å². The molecule has 21 heteroatoms. The van der Waals surface area contributed by atoms with Crippen molar-refractivity contribution in [2.24, 2.45) is 0 Å². The molecule has 10 heterocycles. The molecule has 0 saturated carbocycles. The van der Waals surface area contributed by atoms with Gasteiger partial charge in [-0.15, -0.1) is 45.3 Å². The van der Waals surface area contributed by atoms with Crippen LogP contribution in [-0.4, -0.2) is 62.9 Å². The summed E-state index contributed by atoms with van der Waals surface area (Å²) < 4.78 is 55.5. The van der Waals surface area contributed by atoms with Gasteiger partial charge in [-0.1, -0.05) is 121 Å². The molecule has 466 valence electrons. The fourth-order valence-electron chi connectivity index (χ4n) is 10.9. The van der Waals surface area contributed by atoms with Crippen LogP contribution >= 0.6 is 108 Å². The molecule has 0 spiro atoms. The number of fused-ring (bicyclic) bond motifs is 3. The molecule has 11 aromatic rings. The molecular weight excluding hydrogens is 1320 g/mol. The highest BCUT2D eigenvalue weighted by atomic mass is 79.9. The molecule has 0 aliphatic carbocycles. The van der Waals surface area contributed by atoms with Gasteiger partial charge in [0, 0.05) is 66.2 Å². The van der Waals surface area contributed by atoms with E-state index < -0.39 is 0 Å². The molecular formula is C68H79B2BrN6O4S8. The average molecular weight is 1400 g/mol. The number of unbranched alkanes of at least 4 members (excludes halogenated alkanes) is 9. The van der Waals surface area contributed by atoms with E-state index in [4.69, 9.17) is 36.1 Å². The monoisotopic (exact) mass is 1400 g/mol. The van der Waals surface area contributed by atoms with Crippen LogP contribution in [0.4, 0.5) is 0 Å². The maximum Gasteiger partial charge on any atom is 0.505 e. The van der Waals surface area contributed by atoms with Crippen LogP contribution in [0.15, 0.2) is 99.5 Å². The first kappa shape index (κ1) is 66.5. The molecule has 89 heavy (non-hydrogen) atoms. The van der Waals surface area contributed by atoms with Crippen LogP contribution in [0.3, 0.4) is 0 Å². The Morgan fingerprint density at radius 3 is 1.00 bits per heavy atom. The SMILES string of the molecule is CC1(C)OB(c2ccc(B3OC(C)(C)C(C)(C)O3)s2)OC1(C)C.CCCCCCc1csc(-c2ccc(-c3ccc(-c4ccc(-c5cc(CCCCCC)cs5)c5nsnc45)s3)c3nsnc23)c1.CCCCCCc1csc(-c2ccc(Br)c3nsnc23)c1. The molecule has 8 aromatic heterocycles. The third-order valence-corrected chi connectivity index (χ3v) is 25.2. The van der Waals surface area contributed by atoms with Gasteiger partial charge in [0.1, 0.15) is 33.1 Å². The fourth-order valence-corrected chi connectivity index (χ4v) is 18.1. The van der Waals surface area contributed by atoms with E-state index in [2.05, 4.69) is 184 Å². The molecule has 3 aromatic carbocycles. The van der Waals surface area contributed by atoms with E-state index in [0.717, 1.165) is 71.1 Å². The molecule has 0 atom stereocenters. The van der Waals surface area contributed by atoms with E-state index in [1.807, 2.05) is 46.1 Å². The highest BCUT2D eigenvalue weighted by molar-refractivity contribution is 9.10. The summed E-state index contributed by atoms with van der Waals surface area (Å²) >= 11 is 16.3. The Balaban J connectivity index is 0.000000155. The zero-order valence-electron chi connectivity index (χ0n) is 53.0. The van der Waals surface area contributed by atoms with Crippen molar-refractivity contribution in [2.75, 3.05) is 0 Å². The molecule has 0 bridgehead atoms. The molecule has 13 rings (SSSR count). The first-order valence-electron chi connectivity index (χ1n) is 31.4. The topological polar surface area (TPSA) is 114 Å². The average Bonchev–Trinajstić information content (AvgIpc) is 1.77. The number of halogens is 1. The lowest BCUT2D eigenvalue weighted by Gasteiger charge is -2.32. The summed E-state index contributed by atoms with van der Waals surface area (Å²) in [5, 5.41) is 6.92. The molecule has 2 saturated heterocycles. The molecule has 2 aliphatic rings. The van der Waals surface area contributed by atoms with Gasteiger partial charge in [0.2, 0.25) is 0 Å². The molecule has 0 unspecified atom stereocenters. The lowest BCUT2D eigenvalue weighted by molar-refractivity contribution is 0.00578. The third-order valence-electron chi connectivity index (χ3n) is 17.7. The quantitative estimate of drug-likeness (QED) is 0.0480.